The van der Waals surface area contributed by atoms with E-state index in [-0.39, 0.29) is 5.91 Å². The number of rotatable bonds is 4. The molecule has 106 valence electrons. The van der Waals surface area contributed by atoms with Gasteiger partial charge in [-0.05, 0) is 32.4 Å². The van der Waals surface area contributed by atoms with Gasteiger partial charge < -0.3 is 9.84 Å². The van der Waals surface area contributed by atoms with Gasteiger partial charge in [-0.3, -0.25) is 4.79 Å². The van der Waals surface area contributed by atoms with Crippen molar-refractivity contribution in [2.75, 3.05) is 5.32 Å². The SMILES string of the molecule is Cc1noc(C)c1CCC(=O)Nc1cccc(Cl)c1Cl. The van der Waals surface area contributed by atoms with Crippen LogP contribution < -0.4 is 5.32 Å². The highest BCUT2D eigenvalue weighted by Crippen LogP contribution is 2.29. The molecule has 0 aliphatic heterocycles. The molecular weight excluding hydrogens is 299 g/mol. The summed E-state index contributed by atoms with van der Waals surface area (Å²) in [5.74, 6) is 0.616. The lowest BCUT2D eigenvalue weighted by Gasteiger charge is -2.08. The number of hydrogen-bond donors (Lipinski definition) is 1. The fourth-order valence-corrected chi connectivity index (χ4v) is 2.26. The van der Waals surface area contributed by atoms with Gasteiger partial charge in [0.05, 0.1) is 21.4 Å². The number of aromatic nitrogens is 1. The first-order valence-corrected chi connectivity index (χ1v) is 6.90. The van der Waals surface area contributed by atoms with Gasteiger partial charge in [0, 0.05) is 12.0 Å². The molecule has 0 saturated carbocycles. The van der Waals surface area contributed by atoms with Crippen molar-refractivity contribution >= 4 is 34.8 Å². The van der Waals surface area contributed by atoms with Crippen LogP contribution in [0, 0.1) is 13.8 Å². The lowest BCUT2D eigenvalue weighted by molar-refractivity contribution is -0.116. The minimum atomic E-state index is -0.130. The standard InChI is InChI=1S/C14H14Cl2N2O2/c1-8-10(9(2)20-18-8)6-7-13(19)17-12-5-3-4-11(15)14(12)16/h3-5H,6-7H2,1-2H3,(H,17,19). The molecule has 20 heavy (non-hydrogen) atoms. The van der Waals surface area contributed by atoms with Crippen LogP contribution in [-0.4, -0.2) is 11.1 Å². The number of halogens is 2. The monoisotopic (exact) mass is 312 g/mol. The fraction of sp³-hybridized carbons (Fsp3) is 0.286. The highest BCUT2D eigenvalue weighted by atomic mass is 35.5. The van der Waals surface area contributed by atoms with E-state index >= 15 is 0 Å². The number of hydrogen-bond acceptors (Lipinski definition) is 3. The van der Waals surface area contributed by atoms with Gasteiger partial charge in [0.1, 0.15) is 5.76 Å². The number of benzene rings is 1. The zero-order chi connectivity index (χ0) is 14.7. The topological polar surface area (TPSA) is 55.1 Å². The lowest BCUT2D eigenvalue weighted by atomic mass is 10.1. The Morgan fingerprint density at radius 2 is 2.10 bits per heavy atom. The van der Waals surface area contributed by atoms with E-state index < -0.39 is 0 Å². The molecule has 0 bridgehead atoms. The van der Waals surface area contributed by atoms with Crippen molar-refractivity contribution in [3.8, 4) is 0 Å². The summed E-state index contributed by atoms with van der Waals surface area (Å²) in [6.07, 6.45) is 0.900. The molecule has 0 atom stereocenters. The molecule has 4 nitrogen and oxygen atoms in total. The molecule has 1 aromatic heterocycles. The van der Waals surface area contributed by atoms with Gasteiger partial charge in [-0.15, -0.1) is 0 Å². The molecule has 0 unspecified atom stereocenters. The van der Waals surface area contributed by atoms with E-state index in [4.69, 9.17) is 27.7 Å². The molecule has 1 aromatic carbocycles. The molecular formula is C14H14Cl2N2O2. The Morgan fingerprint density at radius 1 is 1.35 bits per heavy atom. The third-order valence-corrected chi connectivity index (χ3v) is 3.83. The zero-order valence-corrected chi connectivity index (χ0v) is 12.7. The van der Waals surface area contributed by atoms with Crippen molar-refractivity contribution in [2.45, 2.75) is 26.7 Å². The highest BCUT2D eigenvalue weighted by molar-refractivity contribution is 6.43. The molecule has 2 rings (SSSR count). The second kappa shape index (κ2) is 6.29. The van der Waals surface area contributed by atoms with Gasteiger partial charge in [0.2, 0.25) is 5.91 Å². The van der Waals surface area contributed by atoms with Crippen LogP contribution in [0.3, 0.4) is 0 Å². The Hall–Kier alpha value is -1.52. The first kappa shape index (κ1) is 14.9. The summed E-state index contributed by atoms with van der Waals surface area (Å²) < 4.78 is 5.06. The van der Waals surface area contributed by atoms with E-state index in [2.05, 4.69) is 10.5 Å². The van der Waals surface area contributed by atoms with E-state index in [1.807, 2.05) is 13.8 Å². The average Bonchev–Trinajstić information content (AvgIpc) is 2.72. The molecule has 0 radical (unpaired) electrons. The maximum atomic E-state index is 11.9. The average molecular weight is 313 g/mol. The Labute approximate surface area is 127 Å². The summed E-state index contributed by atoms with van der Waals surface area (Å²) >= 11 is 11.9. The smallest absolute Gasteiger partial charge is 0.224 e. The first-order valence-electron chi connectivity index (χ1n) is 6.14. The van der Waals surface area contributed by atoms with Gasteiger partial charge in [-0.2, -0.15) is 0 Å². The second-order valence-electron chi connectivity index (χ2n) is 4.45. The number of aryl methyl sites for hydroxylation is 2. The quantitative estimate of drug-likeness (QED) is 0.921. The normalized spacial score (nSPS) is 10.6. The number of anilines is 1. The van der Waals surface area contributed by atoms with Gasteiger partial charge in [-0.25, -0.2) is 0 Å². The fourth-order valence-electron chi connectivity index (χ4n) is 1.91. The molecule has 6 heteroatoms. The van der Waals surface area contributed by atoms with Gasteiger partial charge in [-0.1, -0.05) is 34.4 Å². The predicted octanol–water partition coefficient (Wildman–Crippen LogP) is 4.17. The van der Waals surface area contributed by atoms with E-state index in [1.54, 1.807) is 18.2 Å². The number of carbonyl (C=O) groups excluding carboxylic acids is 1. The molecule has 1 heterocycles. The van der Waals surface area contributed by atoms with Crippen LogP contribution in [0.2, 0.25) is 10.0 Å². The summed E-state index contributed by atoms with van der Waals surface area (Å²) in [4.78, 5) is 11.9. The molecule has 0 saturated heterocycles. The molecule has 1 amide bonds. The van der Waals surface area contributed by atoms with Crippen LogP contribution in [0.1, 0.15) is 23.4 Å². The minimum absolute atomic E-state index is 0.130. The Kier molecular flexibility index (Phi) is 4.68. The third-order valence-electron chi connectivity index (χ3n) is 3.01. The summed E-state index contributed by atoms with van der Waals surface area (Å²) in [7, 11) is 0. The number of nitrogens with zero attached hydrogens (tertiary/aromatic N) is 1. The van der Waals surface area contributed by atoms with Crippen molar-refractivity contribution < 1.29 is 9.32 Å². The molecule has 0 aliphatic rings. The highest BCUT2D eigenvalue weighted by Gasteiger charge is 2.12. The van der Waals surface area contributed by atoms with E-state index in [1.165, 1.54) is 0 Å². The zero-order valence-electron chi connectivity index (χ0n) is 11.2. The summed E-state index contributed by atoms with van der Waals surface area (Å²) in [6.45, 7) is 3.69. The maximum Gasteiger partial charge on any atom is 0.224 e. The van der Waals surface area contributed by atoms with Gasteiger partial charge in [0.15, 0.2) is 0 Å². The number of nitrogens with one attached hydrogen (secondary N) is 1. The summed E-state index contributed by atoms with van der Waals surface area (Å²) in [6, 6.07) is 5.11. The van der Waals surface area contributed by atoms with Gasteiger partial charge in [0.25, 0.3) is 0 Å². The summed E-state index contributed by atoms with van der Waals surface area (Å²) in [5.41, 5.74) is 2.30. The Bertz CT molecular complexity index is 619. The molecule has 1 N–H and O–H groups in total. The predicted molar refractivity (Wildman–Crippen MR) is 79.4 cm³/mol. The third kappa shape index (κ3) is 3.32. The summed E-state index contributed by atoms with van der Waals surface area (Å²) in [5, 5.41) is 7.36. The molecule has 0 spiro atoms. The van der Waals surface area contributed by atoms with E-state index in [9.17, 15) is 4.79 Å². The van der Waals surface area contributed by atoms with E-state index in [0.29, 0.717) is 28.6 Å². The number of carbonyl (C=O) groups is 1. The van der Waals surface area contributed by atoms with Gasteiger partial charge >= 0.3 is 0 Å². The van der Waals surface area contributed by atoms with Crippen molar-refractivity contribution in [3.63, 3.8) is 0 Å². The number of amides is 1. The molecule has 0 aliphatic carbocycles. The van der Waals surface area contributed by atoms with Crippen molar-refractivity contribution in [3.05, 3.63) is 45.3 Å². The lowest BCUT2D eigenvalue weighted by Crippen LogP contribution is -2.13. The molecule has 0 fully saturated rings. The van der Waals surface area contributed by atoms with Crippen LogP contribution >= 0.6 is 23.2 Å². The van der Waals surface area contributed by atoms with Crippen LogP contribution in [0.5, 0.6) is 0 Å². The minimum Gasteiger partial charge on any atom is -0.361 e. The van der Waals surface area contributed by atoms with E-state index in [0.717, 1.165) is 17.0 Å². The largest absolute Gasteiger partial charge is 0.361 e. The Balaban J connectivity index is 1.98. The van der Waals surface area contributed by atoms with Crippen LogP contribution in [0.25, 0.3) is 0 Å². The maximum absolute atomic E-state index is 11.9. The van der Waals surface area contributed by atoms with Crippen LogP contribution in [-0.2, 0) is 11.2 Å². The molecule has 2 aromatic rings. The Morgan fingerprint density at radius 3 is 2.75 bits per heavy atom. The van der Waals surface area contributed by atoms with Crippen molar-refractivity contribution in [1.29, 1.82) is 0 Å². The van der Waals surface area contributed by atoms with Crippen LogP contribution in [0.15, 0.2) is 22.7 Å². The van der Waals surface area contributed by atoms with Crippen molar-refractivity contribution in [2.24, 2.45) is 0 Å². The first-order chi connectivity index (χ1) is 9.49. The van der Waals surface area contributed by atoms with Crippen LogP contribution in [0.4, 0.5) is 5.69 Å². The van der Waals surface area contributed by atoms with Crippen molar-refractivity contribution in [1.82, 2.24) is 5.16 Å². The second-order valence-corrected chi connectivity index (χ2v) is 5.24.